The van der Waals surface area contributed by atoms with E-state index in [1.807, 2.05) is 62.4 Å². The van der Waals surface area contributed by atoms with Gasteiger partial charge in [0, 0.05) is 48.5 Å². The van der Waals surface area contributed by atoms with Crippen molar-refractivity contribution in [3.63, 3.8) is 0 Å². The third-order valence-electron chi connectivity index (χ3n) is 5.87. The van der Waals surface area contributed by atoms with Crippen LogP contribution in [-0.2, 0) is 16.1 Å². The van der Waals surface area contributed by atoms with E-state index in [9.17, 15) is 9.59 Å². The van der Waals surface area contributed by atoms with E-state index in [1.165, 1.54) is 11.3 Å². The number of ether oxygens (including phenoxy) is 1. The van der Waals surface area contributed by atoms with Crippen LogP contribution in [0.2, 0.25) is 0 Å². The summed E-state index contributed by atoms with van der Waals surface area (Å²) in [4.78, 5) is 33.3. The number of hydrogen-bond acceptors (Lipinski definition) is 6. The Kier molecular flexibility index (Phi) is 7.65. The number of hydrogen-bond donors (Lipinski definition) is 1. The molecule has 1 fully saturated rings. The molecule has 1 N–H and O–H groups in total. The molecule has 7 heteroatoms. The molecule has 1 aliphatic heterocycles. The summed E-state index contributed by atoms with van der Waals surface area (Å²) in [5, 5.41) is 3.48. The van der Waals surface area contributed by atoms with Crippen LogP contribution in [0.3, 0.4) is 0 Å². The minimum absolute atomic E-state index is 0.0228. The molecule has 3 aromatic rings. The number of Topliss-reactive ketones (excluding diaryl/α,β-unsaturated/α-hetero) is 1. The van der Waals surface area contributed by atoms with Crippen molar-refractivity contribution in [2.24, 2.45) is 0 Å². The van der Waals surface area contributed by atoms with Crippen molar-refractivity contribution in [2.75, 3.05) is 31.6 Å². The van der Waals surface area contributed by atoms with Gasteiger partial charge in [0.2, 0.25) is 5.91 Å². The van der Waals surface area contributed by atoms with Crippen molar-refractivity contribution in [3.05, 3.63) is 70.1 Å². The molecular weight excluding hydrogens is 434 g/mol. The number of anilines is 1. The first-order valence-corrected chi connectivity index (χ1v) is 12.1. The number of aromatic nitrogens is 1. The van der Waals surface area contributed by atoms with Gasteiger partial charge in [0.15, 0.2) is 10.9 Å². The Labute approximate surface area is 198 Å². The zero-order valence-corrected chi connectivity index (χ0v) is 19.9. The highest BCUT2D eigenvalue weighted by molar-refractivity contribution is 7.16. The summed E-state index contributed by atoms with van der Waals surface area (Å²) in [6.07, 6.45) is 0.302. The van der Waals surface area contributed by atoms with Crippen LogP contribution in [0.4, 0.5) is 5.13 Å². The maximum atomic E-state index is 12.6. The number of nitrogens with one attached hydrogen (secondary N) is 1. The van der Waals surface area contributed by atoms with Gasteiger partial charge in [-0.15, -0.1) is 0 Å². The fourth-order valence-corrected chi connectivity index (χ4v) is 4.81. The van der Waals surface area contributed by atoms with Gasteiger partial charge < -0.3 is 10.1 Å². The Bertz CT molecular complexity index is 1120. The molecule has 1 aromatic heterocycles. The van der Waals surface area contributed by atoms with E-state index < -0.39 is 0 Å². The molecule has 1 aliphatic rings. The van der Waals surface area contributed by atoms with Crippen LogP contribution in [0, 0.1) is 13.8 Å². The minimum Gasteiger partial charge on any atom is -0.379 e. The standard InChI is InChI=1S/C26H29N3O3S/c1-18-8-9-21(16-19(18)2)22(30)10-11-24(31)27-26-28-25(20-6-4-3-5-7-20)23(33-26)17-29-12-14-32-15-13-29/h3-9,16H,10-15,17H2,1-2H3,(H,27,28,31). The molecule has 2 heterocycles. The summed E-state index contributed by atoms with van der Waals surface area (Å²) in [6.45, 7) is 8.01. The Morgan fingerprint density at radius 2 is 1.79 bits per heavy atom. The molecule has 0 aliphatic carbocycles. The van der Waals surface area contributed by atoms with Gasteiger partial charge >= 0.3 is 0 Å². The molecule has 0 radical (unpaired) electrons. The summed E-state index contributed by atoms with van der Waals surface area (Å²) >= 11 is 1.50. The average molecular weight is 464 g/mol. The van der Waals surface area contributed by atoms with Crippen LogP contribution >= 0.6 is 11.3 Å². The lowest BCUT2D eigenvalue weighted by atomic mass is 10.0. The van der Waals surface area contributed by atoms with Gasteiger partial charge in [-0.1, -0.05) is 53.8 Å². The van der Waals surface area contributed by atoms with E-state index in [4.69, 9.17) is 9.72 Å². The van der Waals surface area contributed by atoms with Gasteiger partial charge in [-0.3, -0.25) is 14.5 Å². The minimum atomic E-state index is -0.196. The van der Waals surface area contributed by atoms with Crippen molar-refractivity contribution in [1.82, 2.24) is 9.88 Å². The number of ketones is 1. The molecular formula is C26H29N3O3S. The van der Waals surface area contributed by atoms with Gasteiger partial charge in [-0.25, -0.2) is 4.98 Å². The Morgan fingerprint density at radius 3 is 2.52 bits per heavy atom. The third kappa shape index (κ3) is 6.13. The number of nitrogens with zero attached hydrogens (tertiary/aromatic N) is 2. The molecule has 6 nitrogen and oxygen atoms in total. The zero-order chi connectivity index (χ0) is 23.2. The van der Waals surface area contributed by atoms with Crippen molar-refractivity contribution in [2.45, 2.75) is 33.2 Å². The van der Waals surface area contributed by atoms with Crippen molar-refractivity contribution >= 4 is 28.2 Å². The molecule has 1 saturated heterocycles. The molecule has 33 heavy (non-hydrogen) atoms. The molecule has 0 unspecified atom stereocenters. The number of rotatable bonds is 8. The highest BCUT2D eigenvalue weighted by Gasteiger charge is 2.19. The lowest BCUT2D eigenvalue weighted by Gasteiger charge is -2.26. The Hall–Kier alpha value is -2.87. The lowest BCUT2D eigenvalue weighted by Crippen LogP contribution is -2.35. The Morgan fingerprint density at radius 1 is 1.03 bits per heavy atom. The Balaban J connectivity index is 1.42. The molecule has 1 amide bonds. The second-order valence-electron chi connectivity index (χ2n) is 8.32. The number of carbonyl (C=O) groups excluding carboxylic acids is 2. The molecule has 2 aromatic carbocycles. The molecule has 0 saturated carbocycles. The van der Waals surface area contributed by atoms with Crippen molar-refractivity contribution < 1.29 is 14.3 Å². The fourth-order valence-electron chi connectivity index (χ4n) is 3.76. The van der Waals surface area contributed by atoms with E-state index >= 15 is 0 Å². The summed E-state index contributed by atoms with van der Waals surface area (Å²) in [5.41, 5.74) is 4.81. The summed E-state index contributed by atoms with van der Waals surface area (Å²) < 4.78 is 5.46. The van der Waals surface area contributed by atoms with Crippen LogP contribution in [0.5, 0.6) is 0 Å². The van der Waals surface area contributed by atoms with Crippen molar-refractivity contribution in [1.29, 1.82) is 0 Å². The van der Waals surface area contributed by atoms with Gasteiger partial charge in [0.25, 0.3) is 0 Å². The van der Waals surface area contributed by atoms with E-state index in [0.717, 1.165) is 60.1 Å². The monoisotopic (exact) mass is 463 g/mol. The van der Waals surface area contributed by atoms with E-state index in [2.05, 4.69) is 10.2 Å². The summed E-state index contributed by atoms with van der Waals surface area (Å²) in [7, 11) is 0. The molecule has 0 bridgehead atoms. The van der Waals surface area contributed by atoms with Crippen molar-refractivity contribution in [3.8, 4) is 11.3 Å². The maximum Gasteiger partial charge on any atom is 0.226 e. The first kappa shape index (κ1) is 23.3. The summed E-state index contributed by atoms with van der Waals surface area (Å²) in [6, 6.07) is 15.7. The van der Waals surface area contributed by atoms with Crippen LogP contribution in [0.15, 0.2) is 48.5 Å². The quantitative estimate of drug-likeness (QED) is 0.483. The normalized spacial score (nSPS) is 14.2. The third-order valence-corrected chi connectivity index (χ3v) is 6.83. The van der Waals surface area contributed by atoms with Crippen LogP contribution in [-0.4, -0.2) is 47.9 Å². The molecule has 0 atom stereocenters. The van der Waals surface area contributed by atoms with Gasteiger partial charge in [-0.2, -0.15) is 0 Å². The number of benzene rings is 2. The SMILES string of the molecule is Cc1ccc(C(=O)CCC(=O)Nc2nc(-c3ccccc3)c(CN3CCOCC3)s2)cc1C. The van der Waals surface area contributed by atoms with E-state index in [0.29, 0.717) is 10.7 Å². The topological polar surface area (TPSA) is 71.5 Å². The summed E-state index contributed by atoms with van der Waals surface area (Å²) in [5.74, 6) is -0.219. The van der Waals surface area contributed by atoms with Gasteiger partial charge in [0.05, 0.1) is 18.9 Å². The fraction of sp³-hybridized carbons (Fsp3) is 0.346. The smallest absolute Gasteiger partial charge is 0.226 e. The largest absolute Gasteiger partial charge is 0.379 e. The van der Waals surface area contributed by atoms with Gasteiger partial charge in [0.1, 0.15) is 0 Å². The number of thiazole rings is 1. The number of aryl methyl sites for hydroxylation is 2. The second-order valence-corrected chi connectivity index (χ2v) is 9.40. The zero-order valence-electron chi connectivity index (χ0n) is 19.1. The first-order chi connectivity index (χ1) is 16.0. The van der Waals surface area contributed by atoms with E-state index in [-0.39, 0.29) is 24.5 Å². The van der Waals surface area contributed by atoms with E-state index in [1.54, 1.807) is 0 Å². The molecule has 0 spiro atoms. The van der Waals surface area contributed by atoms with Crippen LogP contribution < -0.4 is 5.32 Å². The first-order valence-electron chi connectivity index (χ1n) is 11.2. The highest BCUT2D eigenvalue weighted by atomic mass is 32.1. The van der Waals surface area contributed by atoms with Crippen LogP contribution in [0.1, 0.15) is 39.2 Å². The number of amides is 1. The second kappa shape index (κ2) is 10.8. The average Bonchev–Trinajstić information content (AvgIpc) is 3.22. The van der Waals surface area contributed by atoms with Crippen LogP contribution in [0.25, 0.3) is 11.3 Å². The van der Waals surface area contributed by atoms with Gasteiger partial charge in [-0.05, 0) is 31.0 Å². The number of morpholine rings is 1. The lowest BCUT2D eigenvalue weighted by molar-refractivity contribution is -0.116. The predicted octanol–water partition coefficient (Wildman–Crippen LogP) is 4.86. The predicted molar refractivity (Wildman–Crippen MR) is 132 cm³/mol. The molecule has 4 rings (SSSR count). The maximum absolute atomic E-state index is 12.6. The molecule has 172 valence electrons. The highest BCUT2D eigenvalue weighted by Crippen LogP contribution is 2.32. The number of carbonyl (C=O) groups is 2.